The molecular formula is C13H20O6S. The summed E-state index contributed by atoms with van der Waals surface area (Å²) >= 11 is 0. The second kappa shape index (κ2) is 5.81. The van der Waals surface area contributed by atoms with Gasteiger partial charge in [-0.25, -0.2) is 0 Å². The molecule has 2 bridgehead atoms. The normalized spacial score (nSPS) is 33.8. The van der Waals surface area contributed by atoms with Gasteiger partial charge in [-0.1, -0.05) is 0 Å². The molecule has 114 valence electrons. The zero-order chi connectivity index (χ0) is 14.9. The van der Waals surface area contributed by atoms with Gasteiger partial charge in [0.25, 0.3) is 10.1 Å². The molecule has 7 heteroatoms. The molecule has 6 nitrogen and oxygen atoms in total. The predicted octanol–water partition coefficient (Wildman–Crippen LogP) is 0.900. The maximum absolute atomic E-state index is 12.4. The molecule has 0 saturated heterocycles. The van der Waals surface area contributed by atoms with Gasteiger partial charge in [-0.3, -0.25) is 13.8 Å². The van der Waals surface area contributed by atoms with Crippen molar-refractivity contribution < 1.29 is 26.9 Å². The molecule has 0 aromatic rings. The SMILES string of the molecule is CCOC(=O)C1CC2CC(C2)CC(OS(C)(=O)=O)C1=O. The Morgan fingerprint density at radius 1 is 1.20 bits per heavy atom. The highest BCUT2D eigenvalue weighted by Crippen LogP contribution is 2.44. The number of hydrogen-bond donors (Lipinski definition) is 0. The number of esters is 1. The molecule has 3 aliphatic carbocycles. The monoisotopic (exact) mass is 304 g/mol. The highest BCUT2D eigenvalue weighted by atomic mass is 32.2. The van der Waals surface area contributed by atoms with Crippen molar-refractivity contribution in [1.29, 1.82) is 0 Å². The molecule has 0 spiro atoms. The highest BCUT2D eigenvalue weighted by molar-refractivity contribution is 7.86. The molecule has 0 aromatic heterocycles. The number of carbonyl (C=O) groups excluding carboxylic acids is 2. The van der Waals surface area contributed by atoms with Crippen molar-refractivity contribution in [2.75, 3.05) is 12.9 Å². The fraction of sp³-hybridized carbons (Fsp3) is 0.846. The van der Waals surface area contributed by atoms with Gasteiger partial charge in [0.05, 0.1) is 12.9 Å². The summed E-state index contributed by atoms with van der Waals surface area (Å²) in [5.74, 6) is -1.24. The van der Waals surface area contributed by atoms with Crippen LogP contribution >= 0.6 is 0 Å². The zero-order valence-corrected chi connectivity index (χ0v) is 12.5. The van der Waals surface area contributed by atoms with Crippen LogP contribution < -0.4 is 0 Å². The van der Waals surface area contributed by atoms with E-state index >= 15 is 0 Å². The first-order valence-electron chi connectivity index (χ1n) is 6.88. The lowest BCUT2D eigenvalue weighted by Gasteiger charge is -2.41. The van der Waals surface area contributed by atoms with Gasteiger partial charge < -0.3 is 4.74 Å². The van der Waals surface area contributed by atoms with E-state index in [0.29, 0.717) is 24.7 Å². The second-order valence-corrected chi connectivity index (χ2v) is 7.27. The van der Waals surface area contributed by atoms with Crippen LogP contribution in [0.4, 0.5) is 0 Å². The first-order chi connectivity index (χ1) is 9.30. The smallest absolute Gasteiger partial charge is 0.316 e. The van der Waals surface area contributed by atoms with Crippen LogP contribution in [0.3, 0.4) is 0 Å². The first-order valence-corrected chi connectivity index (χ1v) is 8.70. The Labute approximate surface area is 118 Å². The van der Waals surface area contributed by atoms with E-state index in [1.54, 1.807) is 6.92 Å². The Hall–Kier alpha value is -0.950. The molecule has 3 fully saturated rings. The highest BCUT2D eigenvalue weighted by Gasteiger charge is 2.45. The minimum absolute atomic E-state index is 0.202. The summed E-state index contributed by atoms with van der Waals surface area (Å²) in [4.78, 5) is 24.3. The maximum Gasteiger partial charge on any atom is 0.316 e. The summed E-state index contributed by atoms with van der Waals surface area (Å²) < 4.78 is 32.4. The van der Waals surface area contributed by atoms with Gasteiger partial charge in [-0.15, -0.1) is 0 Å². The van der Waals surface area contributed by atoms with Gasteiger partial charge in [-0.05, 0) is 44.4 Å². The largest absolute Gasteiger partial charge is 0.465 e. The Morgan fingerprint density at radius 3 is 2.35 bits per heavy atom. The summed E-state index contributed by atoms with van der Waals surface area (Å²) in [6.45, 7) is 1.88. The number of carbonyl (C=O) groups is 2. The molecule has 3 rings (SSSR count). The molecule has 2 atom stereocenters. The third-order valence-corrected chi connectivity index (χ3v) is 4.55. The van der Waals surface area contributed by atoms with E-state index in [-0.39, 0.29) is 6.61 Å². The average Bonchev–Trinajstić information content (AvgIpc) is 2.26. The van der Waals surface area contributed by atoms with Crippen LogP contribution in [0.1, 0.15) is 32.6 Å². The summed E-state index contributed by atoms with van der Waals surface area (Å²) in [6.07, 6.45) is 2.53. The van der Waals surface area contributed by atoms with E-state index in [9.17, 15) is 18.0 Å². The Kier molecular flexibility index (Phi) is 4.49. The van der Waals surface area contributed by atoms with Gasteiger partial charge in [0.2, 0.25) is 0 Å². The first kappa shape index (κ1) is 15.4. The molecule has 0 heterocycles. The van der Waals surface area contributed by atoms with Crippen molar-refractivity contribution in [2.24, 2.45) is 17.8 Å². The number of hydrogen-bond acceptors (Lipinski definition) is 6. The lowest BCUT2D eigenvalue weighted by molar-refractivity contribution is -0.156. The predicted molar refractivity (Wildman–Crippen MR) is 70.3 cm³/mol. The van der Waals surface area contributed by atoms with Crippen LogP contribution in [0.25, 0.3) is 0 Å². The van der Waals surface area contributed by atoms with Crippen molar-refractivity contribution >= 4 is 21.9 Å². The minimum Gasteiger partial charge on any atom is -0.465 e. The third-order valence-electron chi connectivity index (χ3n) is 3.97. The average molecular weight is 304 g/mol. The molecule has 0 aliphatic heterocycles. The number of fused-ring (bicyclic) bond motifs is 4. The summed E-state index contributed by atoms with van der Waals surface area (Å²) in [5.41, 5.74) is 0. The molecule has 2 unspecified atom stereocenters. The van der Waals surface area contributed by atoms with Crippen molar-refractivity contribution in [3.8, 4) is 0 Å². The van der Waals surface area contributed by atoms with E-state index in [0.717, 1.165) is 19.1 Å². The van der Waals surface area contributed by atoms with Crippen LogP contribution in [0, 0.1) is 17.8 Å². The van der Waals surface area contributed by atoms with E-state index in [1.165, 1.54) is 0 Å². The molecular weight excluding hydrogens is 284 g/mol. The third kappa shape index (κ3) is 3.58. The Bertz CT molecular complexity index is 491. The minimum atomic E-state index is -3.73. The molecule has 20 heavy (non-hydrogen) atoms. The molecule has 0 aromatic carbocycles. The summed E-state index contributed by atoms with van der Waals surface area (Å²) in [5, 5.41) is 0. The topological polar surface area (TPSA) is 86.7 Å². The summed E-state index contributed by atoms with van der Waals surface area (Å²) in [7, 11) is -3.73. The number of ether oxygens (including phenoxy) is 1. The van der Waals surface area contributed by atoms with Gasteiger partial charge in [0.15, 0.2) is 5.78 Å². The van der Waals surface area contributed by atoms with Crippen molar-refractivity contribution in [3.63, 3.8) is 0 Å². The maximum atomic E-state index is 12.4. The molecule has 3 saturated carbocycles. The lowest BCUT2D eigenvalue weighted by atomic mass is 9.65. The number of Topliss-reactive ketones (excluding diaryl/α,β-unsaturated/α-hetero) is 1. The van der Waals surface area contributed by atoms with E-state index in [2.05, 4.69) is 0 Å². The molecule has 0 amide bonds. The fourth-order valence-corrected chi connectivity index (χ4v) is 3.70. The molecule has 0 N–H and O–H groups in total. The van der Waals surface area contributed by atoms with Gasteiger partial charge in [-0.2, -0.15) is 8.42 Å². The van der Waals surface area contributed by atoms with Crippen molar-refractivity contribution in [3.05, 3.63) is 0 Å². The van der Waals surface area contributed by atoms with Crippen LogP contribution in [0.15, 0.2) is 0 Å². The molecule has 0 radical (unpaired) electrons. The Balaban J connectivity index is 2.17. The van der Waals surface area contributed by atoms with Gasteiger partial charge in [0, 0.05) is 0 Å². The van der Waals surface area contributed by atoms with Crippen LogP contribution in [0.5, 0.6) is 0 Å². The summed E-state index contributed by atoms with van der Waals surface area (Å²) in [6, 6.07) is 0. The van der Waals surface area contributed by atoms with Crippen molar-refractivity contribution in [2.45, 2.75) is 38.7 Å². The molecule has 3 aliphatic rings. The van der Waals surface area contributed by atoms with E-state index < -0.39 is 33.9 Å². The van der Waals surface area contributed by atoms with Crippen LogP contribution in [-0.2, 0) is 28.6 Å². The van der Waals surface area contributed by atoms with Crippen molar-refractivity contribution in [1.82, 2.24) is 0 Å². The Morgan fingerprint density at radius 2 is 1.80 bits per heavy atom. The number of ketones is 1. The fourth-order valence-electron chi connectivity index (χ4n) is 3.10. The standard InChI is InChI=1S/C13H20O6S/c1-3-18-13(15)10-6-8-4-9(5-8)7-11(12(10)14)19-20(2,16)17/h8-11H,3-7H2,1-2H3. The lowest BCUT2D eigenvalue weighted by Crippen LogP contribution is -2.45. The van der Waals surface area contributed by atoms with Gasteiger partial charge >= 0.3 is 5.97 Å². The van der Waals surface area contributed by atoms with E-state index in [4.69, 9.17) is 8.92 Å². The zero-order valence-electron chi connectivity index (χ0n) is 11.7. The van der Waals surface area contributed by atoms with Gasteiger partial charge in [0.1, 0.15) is 12.0 Å². The number of rotatable bonds is 4. The van der Waals surface area contributed by atoms with Crippen LogP contribution in [0.2, 0.25) is 0 Å². The quantitative estimate of drug-likeness (QED) is 0.436. The van der Waals surface area contributed by atoms with Crippen LogP contribution in [-0.4, -0.2) is 39.1 Å². The second-order valence-electron chi connectivity index (χ2n) is 5.67. The van der Waals surface area contributed by atoms with E-state index in [1.807, 2.05) is 0 Å².